The number of hydrogen-bond acceptors (Lipinski definition) is 3. The summed E-state index contributed by atoms with van der Waals surface area (Å²) in [7, 11) is -4.26. The Morgan fingerprint density at radius 3 is 2.24 bits per heavy atom. The summed E-state index contributed by atoms with van der Waals surface area (Å²) in [4.78, 5) is 11.2. The Bertz CT molecular complexity index is 873. The van der Waals surface area contributed by atoms with Crippen molar-refractivity contribution in [2.24, 2.45) is 11.7 Å². The van der Waals surface area contributed by atoms with Crippen LogP contribution >= 0.6 is 0 Å². The Balaban J connectivity index is 2.00. The quantitative estimate of drug-likeness (QED) is 0.720. The predicted octanol–water partition coefficient (Wildman–Crippen LogP) is 3.29. The molecule has 2 fully saturated rings. The van der Waals surface area contributed by atoms with Gasteiger partial charge in [0, 0.05) is 37.9 Å². The highest BCUT2D eigenvalue weighted by atomic mass is 32.2. The lowest BCUT2D eigenvalue weighted by molar-refractivity contribution is -0.119. The van der Waals surface area contributed by atoms with E-state index in [1.54, 1.807) is 0 Å². The summed E-state index contributed by atoms with van der Waals surface area (Å²) >= 11 is 0. The van der Waals surface area contributed by atoms with Crippen LogP contribution in [-0.4, -0.2) is 37.6 Å². The van der Waals surface area contributed by atoms with E-state index in [1.165, 1.54) is 0 Å². The molecule has 2 N–H and O–H groups in total. The zero-order chi connectivity index (χ0) is 21.4. The number of carbonyl (C=O) groups is 1. The number of halogens is 4. The number of hydrogen-bond donors (Lipinski definition) is 1. The van der Waals surface area contributed by atoms with Crippen molar-refractivity contribution >= 4 is 15.9 Å². The molecule has 2 aliphatic rings. The topological polar surface area (TPSA) is 80.5 Å². The third kappa shape index (κ3) is 4.28. The summed E-state index contributed by atoms with van der Waals surface area (Å²) in [6.07, 6.45) is -0.667. The van der Waals surface area contributed by atoms with Crippen LogP contribution in [0.3, 0.4) is 0 Å². The van der Waals surface area contributed by atoms with Crippen LogP contribution in [0.1, 0.15) is 50.5 Å². The Morgan fingerprint density at radius 1 is 1.10 bits per heavy atom. The first kappa shape index (κ1) is 22.0. The lowest BCUT2D eigenvalue weighted by Crippen LogP contribution is -2.52. The molecule has 0 unspecified atom stereocenters. The van der Waals surface area contributed by atoms with Crippen molar-refractivity contribution in [3.05, 3.63) is 35.4 Å². The van der Waals surface area contributed by atoms with Crippen molar-refractivity contribution in [3.8, 4) is 0 Å². The van der Waals surface area contributed by atoms with Crippen molar-refractivity contribution in [2.75, 3.05) is 13.1 Å². The third-order valence-electron chi connectivity index (χ3n) is 6.11. The Morgan fingerprint density at radius 2 is 1.69 bits per heavy atom. The monoisotopic (exact) mass is 436 g/mol. The first-order valence-electron chi connectivity index (χ1n) is 9.58. The minimum absolute atomic E-state index is 0.0411. The summed E-state index contributed by atoms with van der Waals surface area (Å²) in [6.45, 7) is -0.753. The molecule has 1 amide bonds. The molecule has 1 aromatic rings. The van der Waals surface area contributed by atoms with Gasteiger partial charge in [-0.25, -0.2) is 30.3 Å². The molecule has 0 aromatic heterocycles. The number of rotatable bonds is 5. The van der Waals surface area contributed by atoms with Crippen molar-refractivity contribution in [2.45, 2.75) is 55.6 Å². The van der Waals surface area contributed by atoms with Crippen LogP contribution in [0.25, 0.3) is 0 Å². The molecular formula is C19H24F4N2O3S. The SMILES string of the molecule is NC(=O)CC1CCC(c2cc(F)ccc2F)(S(=O)(=O)N2CCC(F)(F)CC2)CC1. The molecular weight excluding hydrogens is 412 g/mol. The molecule has 5 nitrogen and oxygen atoms in total. The molecule has 162 valence electrons. The standard InChI is InChI=1S/C19H24F4N2O3S/c20-14-1-2-16(21)15(12-14)18(5-3-13(4-6-18)11-17(24)26)29(27,28)25-9-7-19(22,23)8-10-25/h1-2,12-13H,3-11H2,(H2,24,26). The van der Waals surface area contributed by atoms with Gasteiger partial charge in [0.05, 0.1) is 0 Å². The smallest absolute Gasteiger partial charge is 0.250 e. The van der Waals surface area contributed by atoms with E-state index in [9.17, 15) is 30.8 Å². The first-order chi connectivity index (χ1) is 13.5. The number of sulfonamides is 1. The van der Waals surface area contributed by atoms with Gasteiger partial charge in [0.2, 0.25) is 15.9 Å². The number of amides is 1. The first-order valence-corrected chi connectivity index (χ1v) is 11.0. The van der Waals surface area contributed by atoms with Gasteiger partial charge < -0.3 is 5.73 Å². The number of alkyl halides is 2. The lowest BCUT2D eigenvalue weighted by atomic mass is 9.76. The average molecular weight is 436 g/mol. The highest BCUT2D eigenvalue weighted by Gasteiger charge is 2.53. The zero-order valence-electron chi connectivity index (χ0n) is 15.8. The molecule has 0 atom stereocenters. The molecule has 1 heterocycles. The van der Waals surface area contributed by atoms with Crippen LogP contribution in [0, 0.1) is 17.6 Å². The van der Waals surface area contributed by atoms with E-state index in [2.05, 4.69) is 0 Å². The predicted molar refractivity (Wildman–Crippen MR) is 98.5 cm³/mol. The molecule has 29 heavy (non-hydrogen) atoms. The van der Waals surface area contributed by atoms with Gasteiger partial charge in [-0.2, -0.15) is 0 Å². The van der Waals surface area contributed by atoms with Crippen LogP contribution in [0.5, 0.6) is 0 Å². The maximum absolute atomic E-state index is 14.7. The molecule has 1 aliphatic heterocycles. The van der Waals surface area contributed by atoms with Gasteiger partial charge in [-0.3, -0.25) is 4.79 Å². The van der Waals surface area contributed by atoms with E-state index in [-0.39, 0.29) is 56.7 Å². The average Bonchev–Trinajstić information content (AvgIpc) is 2.63. The lowest BCUT2D eigenvalue weighted by Gasteiger charge is -2.44. The van der Waals surface area contributed by atoms with Crippen molar-refractivity contribution < 1.29 is 30.8 Å². The summed E-state index contributed by atoms with van der Waals surface area (Å²) in [5.74, 6) is -5.24. The Labute approximate surface area is 167 Å². The largest absolute Gasteiger partial charge is 0.370 e. The fourth-order valence-electron chi connectivity index (χ4n) is 4.45. The fraction of sp³-hybridized carbons (Fsp3) is 0.632. The minimum Gasteiger partial charge on any atom is -0.370 e. The minimum atomic E-state index is -4.26. The van der Waals surface area contributed by atoms with Gasteiger partial charge in [0.15, 0.2) is 0 Å². The van der Waals surface area contributed by atoms with E-state index in [4.69, 9.17) is 5.73 Å². The van der Waals surface area contributed by atoms with Gasteiger partial charge in [0.1, 0.15) is 16.4 Å². The molecule has 1 aromatic carbocycles. The number of nitrogens with zero attached hydrogens (tertiary/aromatic N) is 1. The molecule has 10 heteroatoms. The van der Waals surface area contributed by atoms with E-state index < -0.39 is 51.1 Å². The highest BCUT2D eigenvalue weighted by Crippen LogP contribution is 2.49. The van der Waals surface area contributed by atoms with E-state index in [0.29, 0.717) is 0 Å². The van der Waals surface area contributed by atoms with Crippen LogP contribution < -0.4 is 5.73 Å². The molecule has 1 aliphatic carbocycles. The van der Waals surface area contributed by atoms with Crippen LogP contribution in [0.15, 0.2) is 18.2 Å². The molecule has 1 saturated heterocycles. The van der Waals surface area contributed by atoms with E-state index >= 15 is 0 Å². The van der Waals surface area contributed by atoms with E-state index in [0.717, 1.165) is 22.5 Å². The Hall–Kier alpha value is -1.68. The number of primary amides is 1. The third-order valence-corrected chi connectivity index (χ3v) is 8.77. The molecule has 1 saturated carbocycles. The normalized spacial score (nSPS) is 28.2. The van der Waals surface area contributed by atoms with Gasteiger partial charge >= 0.3 is 0 Å². The second kappa shape index (κ2) is 7.86. The van der Waals surface area contributed by atoms with Crippen LogP contribution in [0.2, 0.25) is 0 Å². The second-order valence-corrected chi connectivity index (χ2v) is 10.2. The Kier molecular flexibility index (Phi) is 5.97. The molecule has 0 spiro atoms. The van der Waals surface area contributed by atoms with E-state index in [1.807, 2.05) is 0 Å². The second-order valence-electron chi connectivity index (χ2n) is 7.99. The summed E-state index contributed by atoms with van der Waals surface area (Å²) in [6, 6.07) is 2.65. The highest BCUT2D eigenvalue weighted by molar-refractivity contribution is 7.90. The van der Waals surface area contributed by atoms with Crippen molar-refractivity contribution in [1.82, 2.24) is 4.31 Å². The van der Waals surface area contributed by atoms with Crippen molar-refractivity contribution in [3.63, 3.8) is 0 Å². The molecule has 0 bridgehead atoms. The maximum Gasteiger partial charge on any atom is 0.250 e. The summed E-state index contributed by atoms with van der Waals surface area (Å²) in [5, 5.41) is 0. The zero-order valence-corrected chi connectivity index (χ0v) is 16.7. The van der Waals surface area contributed by atoms with Gasteiger partial charge in [-0.1, -0.05) is 0 Å². The molecule has 3 rings (SSSR count). The maximum atomic E-state index is 14.7. The number of benzene rings is 1. The van der Waals surface area contributed by atoms with Gasteiger partial charge in [0.25, 0.3) is 5.92 Å². The number of piperidine rings is 1. The summed E-state index contributed by atoms with van der Waals surface area (Å²) in [5.41, 5.74) is 4.94. The van der Waals surface area contributed by atoms with Crippen LogP contribution in [-0.2, 0) is 19.6 Å². The number of carbonyl (C=O) groups excluding carboxylic acids is 1. The van der Waals surface area contributed by atoms with Gasteiger partial charge in [-0.05, 0) is 49.8 Å². The summed E-state index contributed by atoms with van der Waals surface area (Å²) < 4.78 is 82.0. The molecule has 0 radical (unpaired) electrons. The van der Waals surface area contributed by atoms with Crippen LogP contribution in [0.4, 0.5) is 17.6 Å². The van der Waals surface area contributed by atoms with Crippen molar-refractivity contribution in [1.29, 1.82) is 0 Å². The fourth-order valence-corrected chi connectivity index (χ4v) is 6.79. The van der Waals surface area contributed by atoms with Gasteiger partial charge in [-0.15, -0.1) is 0 Å². The number of nitrogens with two attached hydrogens (primary N) is 1.